The Hall–Kier alpha value is -3.92. The normalized spacial score (nSPS) is 10.2. The van der Waals surface area contributed by atoms with Gasteiger partial charge in [-0.3, -0.25) is 4.79 Å². The second kappa shape index (κ2) is 8.64. The number of anilines is 3. The van der Waals surface area contributed by atoms with Crippen molar-refractivity contribution in [2.75, 3.05) is 10.6 Å². The van der Waals surface area contributed by atoms with Gasteiger partial charge in [-0.2, -0.15) is 5.26 Å². The number of ether oxygens (including phenoxy) is 1. The molecule has 0 atom stereocenters. The van der Waals surface area contributed by atoms with Crippen LogP contribution in [0.15, 0.2) is 60.8 Å². The number of rotatable bonds is 6. The number of carbonyl (C=O) groups excluding carboxylic acids is 1. The second-order valence-corrected chi connectivity index (χ2v) is 6.23. The summed E-state index contributed by atoms with van der Waals surface area (Å²) in [6.07, 6.45) is 1.58. The van der Waals surface area contributed by atoms with Gasteiger partial charge in [0.1, 0.15) is 11.4 Å². The van der Waals surface area contributed by atoms with Crippen molar-refractivity contribution in [3.8, 4) is 11.8 Å². The average Bonchev–Trinajstić information content (AvgIpc) is 2.69. The van der Waals surface area contributed by atoms with Crippen LogP contribution in [-0.2, 0) is 0 Å². The lowest BCUT2D eigenvalue weighted by molar-refractivity contribution is 0.102. The summed E-state index contributed by atoms with van der Waals surface area (Å²) in [5.74, 6) is 0.651. The highest BCUT2D eigenvalue weighted by molar-refractivity contribution is 6.03. The molecule has 0 radical (unpaired) electrons. The van der Waals surface area contributed by atoms with E-state index in [2.05, 4.69) is 26.7 Å². The van der Waals surface area contributed by atoms with Crippen molar-refractivity contribution in [1.29, 1.82) is 5.26 Å². The Morgan fingerprint density at radius 2 is 1.89 bits per heavy atom. The standard InChI is InChI=1S/C21H19N5O2/c1-14(2)28-18-8-6-16(7-9-18)24-20(27)19-10-11-23-21(26-19)25-17-5-3-4-15(12-17)13-22/h3-12,14H,1-2H3,(H,24,27)(H,23,25,26). The van der Waals surface area contributed by atoms with Gasteiger partial charge in [0.25, 0.3) is 5.91 Å². The predicted molar refractivity (Wildman–Crippen MR) is 107 cm³/mol. The minimum Gasteiger partial charge on any atom is -0.491 e. The van der Waals surface area contributed by atoms with Crippen LogP contribution in [0.25, 0.3) is 0 Å². The molecule has 0 bridgehead atoms. The smallest absolute Gasteiger partial charge is 0.274 e. The van der Waals surface area contributed by atoms with Crippen molar-refractivity contribution < 1.29 is 9.53 Å². The van der Waals surface area contributed by atoms with Gasteiger partial charge in [0.15, 0.2) is 0 Å². The van der Waals surface area contributed by atoms with E-state index in [0.29, 0.717) is 16.9 Å². The lowest BCUT2D eigenvalue weighted by Gasteiger charge is -2.11. The van der Waals surface area contributed by atoms with Crippen LogP contribution in [0.3, 0.4) is 0 Å². The van der Waals surface area contributed by atoms with Crippen molar-refractivity contribution in [1.82, 2.24) is 9.97 Å². The van der Waals surface area contributed by atoms with Crippen LogP contribution >= 0.6 is 0 Å². The van der Waals surface area contributed by atoms with Crippen LogP contribution in [0.2, 0.25) is 0 Å². The summed E-state index contributed by atoms with van der Waals surface area (Å²) in [5.41, 5.74) is 2.04. The lowest BCUT2D eigenvalue weighted by Crippen LogP contribution is -2.14. The van der Waals surface area contributed by atoms with Gasteiger partial charge in [-0.05, 0) is 62.4 Å². The molecule has 0 aliphatic rings. The fraction of sp³-hybridized carbons (Fsp3) is 0.143. The minimum atomic E-state index is -0.353. The van der Waals surface area contributed by atoms with E-state index < -0.39 is 0 Å². The first-order valence-electron chi connectivity index (χ1n) is 8.72. The molecule has 0 spiro atoms. The monoisotopic (exact) mass is 373 g/mol. The lowest BCUT2D eigenvalue weighted by atomic mass is 10.2. The highest BCUT2D eigenvalue weighted by Gasteiger charge is 2.10. The van der Waals surface area contributed by atoms with Crippen molar-refractivity contribution in [2.45, 2.75) is 20.0 Å². The maximum Gasteiger partial charge on any atom is 0.274 e. The highest BCUT2D eigenvalue weighted by atomic mass is 16.5. The molecule has 2 N–H and O–H groups in total. The first-order chi connectivity index (χ1) is 13.5. The van der Waals surface area contributed by atoms with E-state index in [9.17, 15) is 4.79 Å². The van der Waals surface area contributed by atoms with Crippen LogP contribution < -0.4 is 15.4 Å². The van der Waals surface area contributed by atoms with Crippen LogP contribution in [-0.4, -0.2) is 22.0 Å². The second-order valence-electron chi connectivity index (χ2n) is 6.23. The number of carbonyl (C=O) groups is 1. The zero-order valence-electron chi connectivity index (χ0n) is 15.5. The Morgan fingerprint density at radius 1 is 1.11 bits per heavy atom. The molecule has 0 fully saturated rings. The van der Waals surface area contributed by atoms with E-state index in [1.165, 1.54) is 12.3 Å². The molecule has 0 aliphatic heterocycles. The molecule has 0 saturated carbocycles. The summed E-state index contributed by atoms with van der Waals surface area (Å²) in [6.45, 7) is 3.90. The molecule has 28 heavy (non-hydrogen) atoms. The maximum absolute atomic E-state index is 12.5. The number of nitrogens with zero attached hydrogens (tertiary/aromatic N) is 3. The highest BCUT2D eigenvalue weighted by Crippen LogP contribution is 2.18. The van der Waals surface area contributed by atoms with Gasteiger partial charge in [-0.1, -0.05) is 6.07 Å². The van der Waals surface area contributed by atoms with Gasteiger partial charge < -0.3 is 15.4 Å². The quantitative estimate of drug-likeness (QED) is 0.674. The Labute approximate surface area is 163 Å². The molecule has 0 aliphatic carbocycles. The largest absolute Gasteiger partial charge is 0.491 e. The fourth-order valence-electron chi connectivity index (χ4n) is 2.43. The Kier molecular flexibility index (Phi) is 5.82. The summed E-state index contributed by atoms with van der Waals surface area (Å²) in [4.78, 5) is 20.8. The molecule has 7 heteroatoms. The van der Waals surface area contributed by atoms with E-state index >= 15 is 0 Å². The Bertz CT molecular complexity index is 1010. The molecule has 1 heterocycles. The van der Waals surface area contributed by atoms with Crippen molar-refractivity contribution in [2.24, 2.45) is 0 Å². The Balaban J connectivity index is 1.69. The Morgan fingerprint density at radius 3 is 2.61 bits per heavy atom. The van der Waals surface area contributed by atoms with Crippen molar-refractivity contribution in [3.05, 3.63) is 72.1 Å². The molecule has 0 saturated heterocycles. The average molecular weight is 373 g/mol. The molecular weight excluding hydrogens is 354 g/mol. The van der Waals surface area contributed by atoms with Crippen LogP contribution in [0.4, 0.5) is 17.3 Å². The zero-order chi connectivity index (χ0) is 19.9. The van der Waals surface area contributed by atoms with Gasteiger partial charge in [0.2, 0.25) is 5.95 Å². The maximum atomic E-state index is 12.5. The van der Waals surface area contributed by atoms with Gasteiger partial charge in [-0.25, -0.2) is 9.97 Å². The number of hydrogen-bond donors (Lipinski definition) is 2. The SMILES string of the molecule is CC(C)Oc1ccc(NC(=O)c2ccnc(Nc3cccc(C#N)c3)n2)cc1. The van der Waals surface area contributed by atoms with Gasteiger partial charge >= 0.3 is 0 Å². The molecule has 140 valence electrons. The molecule has 3 aromatic rings. The van der Waals surface area contributed by atoms with E-state index in [1.807, 2.05) is 13.8 Å². The van der Waals surface area contributed by atoms with Crippen molar-refractivity contribution >= 4 is 23.2 Å². The third-order valence-electron chi connectivity index (χ3n) is 3.62. The molecule has 1 amide bonds. The zero-order valence-corrected chi connectivity index (χ0v) is 15.5. The van der Waals surface area contributed by atoms with Crippen LogP contribution in [0.5, 0.6) is 5.75 Å². The van der Waals surface area contributed by atoms with Gasteiger partial charge in [-0.15, -0.1) is 0 Å². The molecule has 7 nitrogen and oxygen atoms in total. The number of amides is 1. The third kappa shape index (κ3) is 5.05. The first kappa shape index (κ1) is 18.9. The summed E-state index contributed by atoms with van der Waals surface area (Å²) < 4.78 is 5.59. The molecule has 0 unspecified atom stereocenters. The fourth-order valence-corrected chi connectivity index (χ4v) is 2.43. The number of nitriles is 1. The van der Waals surface area contributed by atoms with Crippen LogP contribution in [0.1, 0.15) is 29.9 Å². The summed E-state index contributed by atoms with van der Waals surface area (Å²) in [7, 11) is 0. The van der Waals surface area contributed by atoms with E-state index in [4.69, 9.17) is 10.00 Å². The first-order valence-corrected chi connectivity index (χ1v) is 8.72. The molecule has 2 aromatic carbocycles. The topological polar surface area (TPSA) is 99.9 Å². The number of hydrogen-bond acceptors (Lipinski definition) is 6. The van der Waals surface area contributed by atoms with Crippen molar-refractivity contribution in [3.63, 3.8) is 0 Å². The molecule has 1 aromatic heterocycles. The molecular formula is C21H19N5O2. The number of aromatic nitrogens is 2. The van der Waals surface area contributed by atoms with E-state index in [1.54, 1.807) is 48.5 Å². The number of benzene rings is 2. The van der Waals surface area contributed by atoms with Crippen LogP contribution in [0, 0.1) is 11.3 Å². The van der Waals surface area contributed by atoms with E-state index in [-0.39, 0.29) is 23.7 Å². The minimum absolute atomic E-state index is 0.0845. The van der Waals surface area contributed by atoms with E-state index in [0.717, 1.165) is 5.75 Å². The van der Waals surface area contributed by atoms with Gasteiger partial charge in [0, 0.05) is 17.6 Å². The molecule has 3 rings (SSSR count). The third-order valence-corrected chi connectivity index (χ3v) is 3.62. The summed E-state index contributed by atoms with van der Waals surface area (Å²) >= 11 is 0. The van der Waals surface area contributed by atoms with Gasteiger partial charge in [0.05, 0.1) is 17.7 Å². The summed E-state index contributed by atoms with van der Waals surface area (Å²) in [6, 6.07) is 17.7. The predicted octanol–water partition coefficient (Wildman–Crippen LogP) is 4.13. The summed E-state index contributed by atoms with van der Waals surface area (Å²) in [5, 5.41) is 14.8. The number of nitrogens with one attached hydrogen (secondary N) is 2.